The molecule has 1 rings (SSSR count). The first-order valence-corrected chi connectivity index (χ1v) is 4.52. The van der Waals surface area contributed by atoms with Gasteiger partial charge in [0.05, 0.1) is 5.76 Å². The smallest absolute Gasteiger partial charge is 0.0913 e. The Bertz CT molecular complexity index is 158. The fourth-order valence-corrected chi connectivity index (χ4v) is 1.58. The fourth-order valence-electron chi connectivity index (χ4n) is 1.58. The topological polar surface area (TPSA) is 20.2 Å². The van der Waals surface area contributed by atoms with Crippen LogP contribution < -0.4 is 0 Å². The van der Waals surface area contributed by atoms with Crippen LogP contribution in [0.4, 0.5) is 0 Å². The van der Waals surface area contributed by atoms with E-state index in [9.17, 15) is 5.11 Å². The molecule has 1 nitrogen and oxygen atoms in total. The molecular formula is C10H18O. The first-order chi connectivity index (χ1) is 5.11. The van der Waals surface area contributed by atoms with Crippen molar-refractivity contribution in [1.82, 2.24) is 0 Å². The third kappa shape index (κ3) is 1.98. The van der Waals surface area contributed by atoms with Crippen molar-refractivity contribution in [3.63, 3.8) is 0 Å². The molecule has 0 aromatic rings. The number of aliphatic hydroxyl groups excluding tert-OH is 1. The Kier molecular flexibility index (Phi) is 2.58. The van der Waals surface area contributed by atoms with E-state index in [1.807, 2.05) is 6.08 Å². The van der Waals surface area contributed by atoms with Gasteiger partial charge in [0, 0.05) is 5.92 Å². The molecule has 1 aliphatic rings. The molecule has 0 saturated heterocycles. The van der Waals surface area contributed by atoms with Crippen LogP contribution in [0.25, 0.3) is 0 Å². The lowest BCUT2D eigenvalue weighted by Gasteiger charge is -2.25. The number of rotatable bonds is 1. The molecule has 0 aliphatic heterocycles. The highest BCUT2D eigenvalue weighted by molar-refractivity contribution is 5.03. The fraction of sp³-hybridized carbons (Fsp3) is 0.800. The largest absolute Gasteiger partial charge is 0.512 e. The van der Waals surface area contributed by atoms with E-state index in [-0.39, 0.29) is 0 Å². The van der Waals surface area contributed by atoms with E-state index in [1.165, 1.54) is 6.42 Å². The van der Waals surface area contributed by atoms with Crippen LogP contribution in [0.2, 0.25) is 0 Å². The summed E-state index contributed by atoms with van der Waals surface area (Å²) in [4.78, 5) is 0. The lowest BCUT2D eigenvalue weighted by molar-refractivity contribution is 0.271. The van der Waals surface area contributed by atoms with E-state index in [4.69, 9.17) is 0 Å². The second kappa shape index (κ2) is 3.29. The molecule has 0 fully saturated rings. The summed E-state index contributed by atoms with van der Waals surface area (Å²) in [7, 11) is 0. The molecule has 0 aromatic carbocycles. The molecule has 0 unspecified atom stereocenters. The van der Waals surface area contributed by atoms with Crippen molar-refractivity contribution in [1.29, 1.82) is 0 Å². The summed E-state index contributed by atoms with van der Waals surface area (Å²) in [5.74, 6) is 2.27. The number of hydrogen-bond acceptors (Lipinski definition) is 1. The first-order valence-electron chi connectivity index (χ1n) is 4.52. The van der Waals surface area contributed by atoms with Gasteiger partial charge in [0.15, 0.2) is 0 Å². The Hall–Kier alpha value is -0.460. The number of hydrogen-bond donors (Lipinski definition) is 1. The van der Waals surface area contributed by atoms with Crippen LogP contribution in [-0.2, 0) is 0 Å². The first kappa shape index (κ1) is 8.63. The summed E-state index contributed by atoms with van der Waals surface area (Å²) >= 11 is 0. The Morgan fingerprint density at radius 3 is 2.55 bits per heavy atom. The van der Waals surface area contributed by atoms with Gasteiger partial charge in [-0.2, -0.15) is 0 Å². The maximum absolute atomic E-state index is 9.46. The normalized spacial score (nSPS) is 32.2. The molecule has 0 radical (unpaired) electrons. The second-order valence-corrected chi connectivity index (χ2v) is 3.98. The van der Waals surface area contributed by atoms with Crippen LogP contribution in [0.1, 0.15) is 33.6 Å². The van der Waals surface area contributed by atoms with Crippen LogP contribution >= 0.6 is 0 Å². The molecule has 1 N–H and O–H groups in total. The molecular weight excluding hydrogens is 136 g/mol. The van der Waals surface area contributed by atoms with E-state index < -0.39 is 0 Å². The van der Waals surface area contributed by atoms with Gasteiger partial charge >= 0.3 is 0 Å². The van der Waals surface area contributed by atoms with E-state index in [1.54, 1.807) is 0 Å². The predicted octanol–water partition coefficient (Wildman–Crippen LogP) is 3.13. The van der Waals surface area contributed by atoms with Gasteiger partial charge < -0.3 is 5.11 Å². The monoisotopic (exact) mass is 154 g/mol. The molecule has 1 heteroatoms. The summed E-state index contributed by atoms with van der Waals surface area (Å²) in [6, 6.07) is 0. The van der Waals surface area contributed by atoms with E-state index in [2.05, 4.69) is 20.8 Å². The Labute approximate surface area is 69.1 Å². The summed E-state index contributed by atoms with van der Waals surface area (Å²) in [6.45, 7) is 6.51. The summed E-state index contributed by atoms with van der Waals surface area (Å²) < 4.78 is 0. The van der Waals surface area contributed by atoms with E-state index in [0.29, 0.717) is 23.5 Å². The third-order valence-electron chi connectivity index (χ3n) is 2.68. The van der Waals surface area contributed by atoms with Gasteiger partial charge in [-0.05, 0) is 30.8 Å². The van der Waals surface area contributed by atoms with E-state index in [0.717, 1.165) is 6.42 Å². The standard InChI is InChI=1S/C10H18O/c1-7(2)9-5-4-8(3)10(11)6-9/h6-9,11H,4-5H2,1-3H3/t8-,9-/m1/s1. The maximum atomic E-state index is 9.46. The van der Waals surface area contributed by atoms with Crippen molar-refractivity contribution in [3.8, 4) is 0 Å². The molecule has 0 bridgehead atoms. The Balaban J connectivity index is 2.62. The summed E-state index contributed by atoms with van der Waals surface area (Å²) in [6.07, 6.45) is 4.42. The van der Waals surface area contributed by atoms with Crippen molar-refractivity contribution < 1.29 is 5.11 Å². The maximum Gasteiger partial charge on any atom is 0.0913 e. The summed E-state index contributed by atoms with van der Waals surface area (Å²) in [5, 5.41) is 9.46. The molecule has 2 atom stereocenters. The highest BCUT2D eigenvalue weighted by Gasteiger charge is 2.20. The van der Waals surface area contributed by atoms with Crippen LogP contribution in [0, 0.1) is 17.8 Å². The van der Waals surface area contributed by atoms with Gasteiger partial charge in [0.2, 0.25) is 0 Å². The van der Waals surface area contributed by atoms with Gasteiger partial charge in [0.1, 0.15) is 0 Å². The van der Waals surface area contributed by atoms with Gasteiger partial charge in [-0.25, -0.2) is 0 Å². The summed E-state index contributed by atoms with van der Waals surface area (Å²) in [5.41, 5.74) is 0. The van der Waals surface area contributed by atoms with Crippen molar-refractivity contribution in [3.05, 3.63) is 11.8 Å². The molecule has 0 saturated carbocycles. The molecule has 0 spiro atoms. The van der Waals surface area contributed by atoms with E-state index >= 15 is 0 Å². The lowest BCUT2D eigenvalue weighted by atomic mass is 9.82. The Morgan fingerprint density at radius 1 is 1.45 bits per heavy atom. The molecule has 0 heterocycles. The highest BCUT2D eigenvalue weighted by Crippen LogP contribution is 2.30. The molecule has 64 valence electrons. The Morgan fingerprint density at radius 2 is 2.09 bits per heavy atom. The minimum absolute atomic E-state index is 0.394. The van der Waals surface area contributed by atoms with Crippen molar-refractivity contribution in [2.24, 2.45) is 17.8 Å². The van der Waals surface area contributed by atoms with Crippen LogP contribution in [0.5, 0.6) is 0 Å². The van der Waals surface area contributed by atoms with Gasteiger partial charge in [-0.3, -0.25) is 0 Å². The van der Waals surface area contributed by atoms with Crippen LogP contribution in [0.15, 0.2) is 11.8 Å². The molecule has 11 heavy (non-hydrogen) atoms. The van der Waals surface area contributed by atoms with Crippen molar-refractivity contribution in [2.45, 2.75) is 33.6 Å². The predicted molar refractivity (Wildman–Crippen MR) is 47.4 cm³/mol. The average Bonchev–Trinajstić information content (AvgIpc) is 1.94. The third-order valence-corrected chi connectivity index (χ3v) is 2.68. The minimum atomic E-state index is 0.394. The SMILES string of the molecule is CC(C)[C@H]1C=C(O)[C@H](C)CC1. The van der Waals surface area contributed by atoms with Gasteiger partial charge in [-0.1, -0.05) is 20.8 Å². The van der Waals surface area contributed by atoms with Gasteiger partial charge in [-0.15, -0.1) is 0 Å². The second-order valence-electron chi connectivity index (χ2n) is 3.98. The van der Waals surface area contributed by atoms with Crippen molar-refractivity contribution >= 4 is 0 Å². The van der Waals surface area contributed by atoms with Crippen LogP contribution in [-0.4, -0.2) is 5.11 Å². The number of aliphatic hydroxyl groups is 1. The molecule has 1 aliphatic carbocycles. The zero-order valence-corrected chi connectivity index (χ0v) is 7.67. The van der Waals surface area contributed by atoms with Crippen LogP contribution in [0.3, 0.4) is 0 Å². The highest BCUT2D eigenvalue weighted by atomic mass is 16.3. The van der Waals surface area contributed by atoms with Gasteiger partial charge in [0.25, 0.3) is 0 Å². The zero-order valence-electron chi connectivity index (χ0n) is 7.67. The number of allylic oxidation sites excluding steroid dienone is 2. The minimum Gasteiger partial charge on any atom is -0.512 e. The average molecular weight is 154 g/mol. The van der Waals surface area contributed by atoms with Crippen molar-refractivity contribution in [2.75, 3.05) is 0 Å². The lowest BCUT2D eigenvalue weighted by Crippen LogP contribution is -2.15. The molecule has 0 amide bonds. The quantitative estimate of drug-likeness (QED) is 0.615. The molecule has 0 aromatic heterocycles. The zero-order chi connectivity index (χ0) is 8.43.